The maximum Gasteiger partial charge on any atom is 0.242 e. The van der Waals surface area contributed by atoms with E-state index in [1.54, 1.807) is 6.92 Å². The van der Waals surface area contributed by atoms with Crippen molar-refractivity contribution >= 4 is 11.8 Å². The molecular formula is C12H19N3O2. The second-order valence-electron chi connectivity index (χ2n) is 4.91. The number of nitrogens with one attached hydrogen (secondary N) is 2. The molecule has 1 aliphatic carbocycles. The summed E-state index contributed by atoms with van der Waals surface area (Å²) in [6, 6.07) is 1.49. The Hall–Kier alpha value is -1.57. The lowest BCUT2D eigenvalue weighted by molar-refractivity contribution is -0.135. The highest BCUT2D eigenvalue weighted by molar-refractivity contribution is 5.91. The van der Waals surface area contributed by atoms with Crippen LogP contribution in [-0.4, -0.2) is 23.9 Å². The third-order valence-electron chi connectivity index (χ3n) is 3.03. The minimum atomic E-state index is -0.896. The summed E-state index contributed by atoms with van der Waals surface area (Å²) in [7, 11) is 0. The number of nitrogens with zero attached hydrogens (tertiary/aromatic N) is 1. The monoisotopic (exact) mass is 237 g/mol. The molecule has 5 nitrogen and oxygen atoms in total. The van der Waals surface area contributed by atoms with Gasteiger partial charge in [-0.2, -0.15) is 5.26 Å². The van der Waals surface area contributed by atoms with Crippen molar-refractivity contribution in [3.63, 3.8) is 0 Å². The standard InChI is InChI=1S/C12H19N3O2/c1-8(2)14-10(16)9(3)15-11(17)12(7-13)5-4-6-12/h8-9H,4-6H2,1-3H3,(H,14,16)(H,15,17). The Morgan fingerprint density at radius 3 is 2.18 bits per heavy atom. The largest absolute Gasteiger partial charge is 0.352 e. The van der Waals surface area contributed by atoms with E-state index in [4.69, 9.17) is 5.26 Å². The van der Waals surface area contributed by atoms with Gasteiger partial charge in [0, 0.05) is 6.04 Å². The molecule has 0 aromatic heterocycles. The van der Waals surface area contributed by atoms with Gasteiger partial charge in [0.05, 0.1) is 6.07 Å². The summed E-state index contributed by atoms with van der Waals surface area (Å²) >= 11 is 0. The van der Waals surface area contributed by atoms with Gasteiger partial charge in [-0.3, -0.25) is 9.59 Å². The number of hydrogen-bond acceptors (Lipinski definition) is 3. The quantitative estimate of drug-likeness (QED) is 0.755. The van der Waals surface area contributed by atoms with Crippen LogP contribution in [0.2, 0.25) is 0 Å². The lowest BCUT2D eigenvalue weighted by atomic mass is 9.69. The topological polar surface area (TPSA) is 82.0 Å². The molecule has 94 valence electrons. The zero-order chi connectivity index (χ0) is 13.1. The van der Waals surface area contributed by atoms with Gasteiger partial charge in [0.15, 0.2) is 0 Å². The van der Waals surface area contributed by atoms with Crippen LogP contribution >= 0.6 is 0 Å². The Balaban J connectivity index is 2.51. The molecule has 1 aliphatic rings. The molecule has 0 saturated heterocycles. The summed E-state index contributed by atoms with van der Waals surface area (Å²) in [4.78, 5) is 23.5. The first-order valence-electron chi connectivity index (χ1n) is 5.94. The fraction of sp³-hybridized carbons (Fsp3) is 0.750. The van der Waals surface area contributed by atoms with Gasteiger partial charge in [0.25, 0.3) is 0 Å². The van der Waals surface area contributed by atoms with E-state index in [1.807, 2.05) is 13.8 Å². The fourth-order valence-electron chi connectivity index (χ4n) is 1.73. The third kappa shape index (κ3) is 2.96. The van der Waals surface area contributed by atoms with Crippen molar-refractivity contribution < 1.29 is 9.59 Å². The SMILES string of the molecule is CC(C)NC(=O)C(C)NC(=O)C1(C#N)CCC1. The first kappa shape index (κ1) is 13.5. The molecule has 0 heterocycles. The van der Waals surface area contributed by atoms with E-state index >= 15 is 0 Å². The molecule has 0 bridgehead atoms. The van der Waals surface area contributed by atoms with Crippen LogP contribution in [0.5, 0.6) is 0 Å². The van der Waals surface area contributed by atoms with Gasteiger partial charge in [-0.25, -0.2) is 0 Å². The molecule has 1 fully saturated rings. The Morgan fingerprint density at radius 2 is 1.82 bits per heavy atom. The van der Waals surface area contributed by atoms with Crippen LogP contribution in [0.3, 0.4) is 0 Å². The smallest absolute Gasteiger partial charge is 0.242 e. The molecule has 0 spiro atoms. The minimum Gasteiger partial charge on any atom is -0.352 e. The van der Waals surface area contributed by atoms with Crippen molar-refractivity contribution in [3.8, 4) is 6.07 Å². The molecule has 2 amide bonds. The Labute approximate surface area is 102 Å². The highest BCUT2D eigenvalue weighted by Crippen LogP contribution is 2.40. The number of amides is 2. The molecule has 0 aliphatic heterocycles. The number of rotatable bonds is 4. The summed E-state index contributed by atoms with van der Waals surface area (Å²) < 4.78 is 0. The molecule has 5 heteroatoms. The highest BCUT2D eigenvalue weighted by Gasteiger charge is 2.45. The predicted octanol–water partition coefficient (Wildman–Crippen LogP) is 0.710. The van der Waals surface area contributed by atoms with Crippen LogP contribution in [0.25, 0.3) is 0 Å². The second kappa shape index (κ2) is 5.17. The lowest BCUT2D eigenvalue weighted by Crippen LogP contribution is -2.52. The van der Waals surface area contributed by atoms with Crippen molar-refractivity contribution in [2.45, 2.75) is 52.1 Å². The van der Waals surface area contributed by atoms with Crippen LogP contribution in [0, 0.1) is 16.7 Å². The first-order valence-corrected chi connectivity index (χ1v) is 5.94. The van der Waals surface area contributed by atoms with E-state index in [-0.39, 0.29) is 17.9 Å². The molecule has 0 aromatic carbocycles. The van der Waals surface area contributed by atoms with Crippen LogP contribution in [0.15, 0.2) is 0 Å². The van der Waals surface area contributed by atoms with E-state index in [0.29, 0.717) is 12.8 Å². The van der Waals surface area contributed by atoms with E-state index in [9.17, 15) is 9.59 Å². The summed E-state index contributed by atoms with van der Waals surface area (Å²) in [5.74, 6) is -0.543. The van der Waals surface area contributed by atoms with E-state index in [0.717, 1.165) is 6.42 Å². The summed E-state index contributed by atoms with van der Waals surface area (Å²) in [5, 5.41) is 14.3. The maximum atomic E-state index is 11.9. The van der Waals surface area contributed by atoms with Crippen LogP contribution in [0.1, 0.15) is 40.0 Å². The van der Waals surface area contributed by atoms with Crippen LogP contribution in [0.4, 0.5) is 0 Å². The van der Waals surface area contributed by atoms with E-state index in [2.05, 4.69) is 16.7 Å². The Morgan fingerprint density at radius 1 is 1.24 bits per heavy atom. The van der Waals surface area contributed by atoms with Crippen molar-refractivity contribution in [2.75, 3.05) is 0 Å². The zero-order valence-corrected chi connectivity index (χ0v) is 10.5. The van der Waals surface area contributed by atoms with Gasteiger partial charge >= 0.3 is 0 Å². The number of carbonyl (C=O) groups is 2. The van der Waals surface area contributed by atoms with Gasteiger partial charge in [-0.1, -0.05) is 0 Å². The molecule has 17 heavy (non-hydrogen) atoms. The summed E-state index contributed by atoms with van der Waals surface area (Å²) in [5.41, 5.74) is -0.896. The average molecular weight is 237 g/mol. The number of carbonyl (C=O) groups excluding carboxylic acids is 2. The van der Waals surface area contributed by atoms with Crippen molar-refractivity contribution in [2.24, 2.45) is 5.41 Å². The van der Waals surface area contributed by atoms with E-state index in [1.165, 1.54) is 0 Å². The minimum absolute atomic E-state index is 0.0375. The summed E-state index contributed by atoms with van der Waals surface area (Å²) in [6.07, 6.45) is 2.08. The number of nitriles is 1. The predicted molar refractivity (Wildman–Crippen MR) is 62.8 cm³/mol. The second-order valence-corrected chi connectivity index (χ2v) is 4.91. The lowest BCUT2D eigenvalue weighted by Gasteiger charge is -2.34. The maximum absolute atomic E-state index is 11.9. The highest BCUT2D eigenvalue weighted by atomic mass is 16.2. The number of hydrogen-bond donors (Lipinski definition) is 2. The average Bonchev–Trinajstić information content (AvgIpc) is 2.15. The van der Waals surface area contributed by atoms with Gasteiger partial charge in [-0.15, -0.1) is 0 Å². The van der Waals surface area contributed by atoms with E-state index < -0.39 is 11.5 Å². The van der Waals surface area contributed by atoms with Gasteiger partial charge < -0.3 is 10.6 Å². The molecule has 0 radical (unpaired) electrons. The third-order valence-corrected chi connectivity index (χ3v) is 3.03. The Bertz CT molecular complexity index is 353. The van der Waals surface area contributed by atoms with Gasteiger partial charge in [-0.05, 0) is 40.0 Å². The molecule has 2 N–H and O–H groups in total. The Kier molecular flexibility index (Phi) is 4.11. The molecule has 1 atom stereocenters. The van der Waals surface area contributed by atoms with Crippen molar-refractivity contribution in [1.82, 2.24) is 10.6 Å². The zero-order valence-electron chi connectivity index (χ0n) is 10.5. The first-order chi connectivity index (χ1) is 7.91. The van der Waals surface area contributed by atoms with Gasteiger partial charge in [0.2, 0.25) is 11.8 Å². The molecule has 0 aromatic rings. The molecule has 1 saturated carbocycles. The van der Waals surface area contributed by atoms with Crippen molar-refractivity contribution in [1.29, 1.82) is 5.26 Å². The molecule has 1 rings (SSSR count). The van der Waals surface area contributed by atoms with Crippen LogP contribution < -0.4 is 10.6 Å². The molecular weight excluding hydrogens is 218 g/mol. The van der Waals surface area contributed by atoms with Gasteiger partial charge in [0.1, 0.15) is 11.5 Å². The summed E-state index contributed by atoms with van der Waals surface area (Å²) in [6.45, 7) is 5.34. The van der Waals surface area contributed by atoms with Crippen LogP contribution in [-0.2, 0) is 9.59 Å². The van der Waals surface area contributed by atoms with Crippen molar-refractivity contribution in [3.05, 3.63) is 0 Å². The molecule has 1 unspecified atom stereocenters. The normalized spacial score (nSPS) is 18.8. The fourth-order valence-corrected chi connectivity index (χ4v) is 1.73.